The van der Waals surface area contributed by atoms with Crippen LogP contribution in [0.3, 0.4) is 0 Å². The highest BCUT2D eigenvalue weighted by molar-refractivity contribution is 7.89. The van der Waals surface area contributed by atoms with Crippen LogP contribution in [0.15, 0.2) is 23.1 Å². The zero-order chi connectivity index (χ0) is 32.4. The first-order valence-corrected chi connectivity index (χ1v) is 16.5. The van der Waals surface area contributed by atoms with Crippen LogP contribution in [0.25, 0.3) is 0 Å². The normalized spacial score (nSPS) is 20.8. The Morgan fingerprint density at radius 3 is 2.23 bits per heavy atom. The van der Waals surface area contributed by atoms with Gasteiger partial charge in [0, 0.05) is 38.4 Å². The third-order valence-electron chi connectivity index (χ3n) is 7.43. The molecule has 1 saturated heterocycles. The van der Waals surface area contributed by atoms with Crippen molar-refractivity contribution in [3.63, 3.8) is 0 Å². The van der Waals surface area contributed by atoms with Gasteiger partial charge < -0.3 is 19.1 Å². The number of amides is 1. The van der Waals surface area contributed by atoms with Crippen molar-refractivity contribution in [2.24, 2.45) is 0 Å². The van der Waals surface area contributed by atoms with E-state index in [4.69, 9.17) is 14.2 Å². The van der Waals surface area contributed by atoms with E-state index in [1.807, 2.05) is 6.92 Å². The van der Waals surface area contributed by atoms with E-state index >= 15 is 0 Å². The van der Waals surface area contributed by atoms with E-state index in [0.717, 1.165) is 5.56 Å². The number of rotatable bonds is 9. The number of hydrogen-bond acceptors (Lipinski definition) is 7. The molecular formula is C31H48F2N2O7S. The summed E-state index contributed by atoms with van der Waals surface area (Å²) in [7, 11) is -4.12. The maximum Gasteiger partial charge on any atom is 0.410 e. The van der Waals surface area contributed by atoms with E-state index in [2.05, 4.69) is 0 Å². The lowest BCUT2D eigenvalue weighted by molar-refractivity contribution is -0.158. The molecule has 2 atom stereocenters. The number of benzene rings is 1. The quantitative estimate of drug-likeness (QED) is 0.289. The Morgan fingerprint density at radius 1 is 1.05 bits per heavy atom. The van der Waals surface area contributed by atoms with Crippen molar-refractivity contribution in [2.45, 2.75) is 141 Å². The Balaban J connectivity index is 1.78. The summed E-state index contributed by atoms with van der Waals surface area (Å²) in [5.74, 6) is -3.18. The highest BCUT2D eigenvalue weighted by Gasteiger charge is 2.43. The number of sulfonamides is 1. The van der Waals surface area contributed by atoms with Gasteiger partial charge in [0.25, 0.3) is 0 Å². The molecule has 1 aromatic carbocycles. The highest BCUT2D eigenvalue weighted by atomic mass is 32.2. The molecule has 43 heavy (non-hydrogen) atoms. The van der Waals surface area contributed by atoms with Gasteiger partial charge in [-0.3, -0.25) is 4.79 Å². The summed E-state index contributed by atoms with van der Waals surface area (Å²) in [6.07, 6.45) is -0.184. The van der Waals surface area contributed by atoms with Gasteiger partial charge in [0.2, 0.25) is 15.9 Å². The van der Waals surface area contributed by atoms with Crippen LogP contribution in [0.2, 0.25) is 0 Å². The first kappa shape index (κ1) is 35.0. The van der Waals surface area contributed by atoms with Crippen LogP contribution in [0.4, 0.5) is 13.6 Å². The summed E-state index contributed by atoms with van der Waals surface area (Å²) in [5, 5.41) is 0. The lowest BCUT2D eigenvalue weighted by Crippen LogP contribution is -2.47. The number of nitrogens with zero attached hydrogens (tertiary/aromatic N) is 2. The van der Waals surface area contributed by atoms with Gasteiger partial charge in [0.1, 0.15) is 27.9 Å². The van der Waals surface area contributed by atoms with Gasteiger partial charge in [-0.15, -0.1) is 0 Å². The summed E-state index contributed by atoms with van der Waals surface area (Å²) in [4.78, 5) is 27.4. The second-order valence-corrected chi connectivity index (χ2v) is 15.6. The fourth-order valence-corrected chi connectivity index (χ4v) is 7.11. The molecule has 2 aliphatic rings. The molecule has 1 aliphatic heterocycles. The molecule has 0 aromatic heterocycles. The molecule has 1 heterocycles. The van der Waals surface area contributed by atoms with Gasteiger partial charge in [0.05, 0.1) is 6.10 Å². The molecular weight excluding hydrogens is 582 g/mol. The second kappa shape index (κ2) is 13.3. The standard InChI is InChI=1S/C31H48F2N2O7S/c1-21-11-12-26(43(38,39)35-18-9-10-24(35)27(36)41-29(3,4)5)25(20-21)40-22(2)15-19-34(28(37)42-30(6,7)8)23-13-16-31(32,33)17-14-23/h11-12,20,22-24H,9-10,13-19H2,1-8H3/t22-,24-/m0/s1. The Bertz CT molecular complexity index is 1250. The number of esters is 1. The molecule has 0 radical (unpaired) electrons. The minimum Gasteiger partial charge on any atom is -0.489 e. The van der Waals surface area contributed by atoms with E-state index in [0.29, 0.717) is 19.3 Å². The molecule has 244 valence electrons. The molecule has 1 amide bonds. The van der Waals surface area contributed by atoms with Crippen LogP contribution in [-0.2, 0) is 24.3 Å². The van der Waals surface area contributed by atoms with Gasteiger partial charge in [-0.1, -0.05) is 6.07 Å². The van der Waals surface area contributed by atoms with E-state index in [1.165, 1.54) is 15.3 Å². The number of carbonyl (C=O) groups excluding carboxylic acids is 2. The van der Waals surface area contributed by atoms with E-state index < -0.39 is 57.4 Å². The lowest BCUT2D eigenvalue weighted by atomic mass is 9.91. The largest absolute Gasteiger partial charge is 0.489 e. The Morgan fingerprint density at radius 2 is 1.65 bits per heavy atom. The Kier molecular flexibility index (Phi) is 10.8. The van der Waals surface area contributed by atoms with Crippen molar-refractivity contribution < 1.29 is 41.0 Å². The van der Waals surface area contributed by atoms with Crippen LogP contribution >= 0.6 is 0 Å². The van der Waals surface area contributed by atoms with Gasteiger partial charge in [-0.25, -0.2) is 22.0 Å². The second-order valence-electron chi connectivity index (χ2n) is 13.7. The summed E-state index contributed by atoms with van der Waals surface area (Å²) < 4.78 is 73.9. The zero-order valence-electron chi connectivity index (χ0n) is 26.7. The first-order valence-electron chi connectivity index (χ1n) is 15.1. The zero-order valence-corrected chi connectivity index (χ0v) is 27.6. The summed E-state index contributed by atoms with van der Waals surface area (Å²) >= 11 is 0. The van der Waals surface area contributed by atoms with Crippen molar-refractivity contribution in [3.8, 4) is 5.75 Å². The molecule has 2 fully saturated rings. The predicted molar refractivity (Wildman–Crippen MR) is 159 cm³/mol. The van der Waals surface area contributed by atoms with Crippen LogP contribution in [0.5, 0.6) is 5.75 Å². The number of ether oxygens (including phenoxy) is 3. The molecule has 9 nitrogen and oxygen atoms in total. The summed E-state index contributed by atoms with van der Waals surface area (Å²) in [6, 6.07) is 3.47. The third kappa shape index (κ3) is 9.76. The van der Waals surface area contributed by atoms with E-state index in [9.17, 15) is 26.8 Å². The average Bonchev–Trinajstić information content (AvgIpc) is 3.34. The van der Waals surface area contributed by atoms with Crippen LogP contribution < -0.4 is 4.74 Å². The fourth-order valence-electron chi connectivity index (χ4n) is 5.36. The number of carbonyl (C=O) groups is 2. The molecule has 0 unspecified atom stereocenters. The maximum absolute atomic E-state index is 13.9. The van der Waals surface area contributed by atoms with Gasteiger partial charge in [-0.2, -0.15) is 4.31 Å². The molecule has 0 bridgehead atoms. The minimum atomic E-state index is -4.12. The van der Waals surface area contributed by atoms with E-state index in [1.54, 1.807) is 60.6 Å². The number of hydrogen-bond donors (Lipinski definition) is 0. The van der Waals surface area contributed by atoms with Gasteiger partial charge in [0.15, 0.2) is 0 Å². The number of halogens is 2. The van der Waals surface area contributed by atoms with Crippen molar-refractivity contribution in [3.05, 3.63) is 23.8 Å². The van der Waals surface area contributed by atoms with Gasteiger partial charge >= 0.3 is 12.1 Å². The molecule has 1 aromatic rings. The predicted octanol–water partition coefficient (Wildman–Crippen LogP) is 6.46. The SMILES string of the molecule is Cc1ccc(S(=O)(=O)N2CCC[C@H]2C(=O)OC(C)(C)C)c(O[C@@H](C)CCN(C(=O)OC(C)(C)C)C2CCC(F)(F)CC2)c1. The van der Waals surface area contributed by atoms with Crippen LogP contribution in [-0.4, -0.2) is 78.1 Å². The molecule has 0 spiro atoms. The molecule has 3 rings (SSSR count). The summed E-state index contributed by atoms with van der Waals surface area (Å²) in [6.45, 7) is 14.4. The topological polar surface area (TPSA) is 102 Å². The van der Waals surface area contributed by atoms with Crippen molar-refractivity contribution >= 4 is 22.1 Å². The van der Waals surface area contributed by atoms with Crippen LogP contribution in [0, 0.1) is 6.92 Å². The molecule has 0 N–H and O–H groups in total. The monoisotopic (exact) mass is 630 g/mol. The average molecular weight is 631 g/mol. The first-order chi connectivity index (χ1) is 19.7. The third-order valence-corrected chi connectivity index (χ3v) is 9.38. The smallest absolute Gasteiger partial charge is 0.410 e. The number of aryl methyl sites for hydroxylation is 1. The fraction of sp³-hybridized carbons (Fsp3) is 0.742. The molecule has 1 saturated carbocycles. The molecule has 12 heteroatoms. The van der Waals surface area contributed by atoms with Crippen LogP contribution in [0.1, 0.15) is 99.0 Å². The van der Waals surface area contributed by atoms with E-state index in [-0.39, 0.29) is 49.4 Å². The lowest BCUT2D eigenvalue weighted by Gasteiger charge is -2.38. The summed E-state index contributed by atoms with van der Waals surface area (Å²) in [5.41, 5.74) is -0.730. The van der Waals surface area contributed by atoms with Crippen molar-refractivity contribution in [1.29, 1.82) is 0 Å². The Labute approximate surface area is 255 Å². The Hall–Kier alpha value is -2.47. The highest BCUT2D eigenvalue weighted by Crippen LogP contribution is 2.37. The maximum atomic E-state index is 13.9. The van der Waals surface area contributed by atoms with Gasteiger partial charge in [-0.05, 0) is 98.8 Å². The minimum absolute atomic E-state index is 0.0566. The number of alkyl halides is 2. The molecule has 1 aliphatic carbocycles. The van der Waals surface area contributed by atoms with Crippen molar-refractivity contribution in [2.75, 3.05) is 13.1 Å². The van der Waals surface area contributed by atoms with Crippen molar-refractivity contribution in [1.82, 2.24) is 9.21 Å².